The van der Waals surface area contributed by atoms with Crippen LogP contribution in [0.2, 0.25) is 5.02 Å². The Morgan fingerprint density at radius 3 is 2.76 bits per heavy atom. The fraction of sp³-hybridized carbons (Fsp3) is 0.417. The van der Waals surface area contributed by atoms with Crippen LogP contribution in [-0.4, -0.2) is 17.8 Å². The molecule has 0 heterocycles. The van der Waals surface area contributed by atoms with Crippen molar-refractivity contribution in [3.8, 4) is 0 Å². The summed E-state index contributed by atoms with van der Waals surface area (Å²) in [5.74, 6) is -0.0536. The third-order valence-corrected chi connectivity index (χ3v) is 4.41. The number of amides is 1. The second kappa shape index (κ2) is 8.32. The van der Waals surface area contributed by atoms with Gasteiger partial charge in [-0.3, -0.25) is 4.79 Å². The van der Waals surface area contributed by atoms with E-state index in [9.17, 15) is 4.79 Å². The molecule has 0 aliphatic rings. The van der Waals surface area contributed by atoms with Crippen molar-refractivity contribution >= 4 is 56.0 Å². The van der Waals surface area contributed by atoms with Crippen LogP contribution in [0.3, 0.4) is 0 Å². The van der Waals surface area contributed by atoms with Crippen LogP contribution in [0, 0.1) is 3.57 Å². The largest absolute Gasteiger partial charge is 0.352 e. The number of carbonyl (C=O) groups is 1. The van der Waals surface area contributed by atoms with E-state index in [0.29, 0.717) is 10.6 Å². The first kappa shape index (κ1) is 15.2. The van der Waals surface area contributed by atoms with Crippen LogP contribution in [0.15, 0.2) is 18.2 Å². The highest BCUT2D eigenvalue weighted by Gasteiger charge is 2.06. The lowest BCUT2D eigenvalue weighted by molar-refractivity contribution is 0.0953. The van der Waals surface area contributed by atoms with Crippen molar-refractivity contribution in [2.24, 2.45) is 0 Å². The van der Waals surface area contributed by atoms with Crippen molar-refractivity contribution in [1.29, 1.82) is 0 Å². The summed E-state index contributed by atoms with van der Waals surface area (Å²) in [4.78, 5) is 11.8. The average Bonchev–Trinajstić information content (AvgIpc) is 2.32. The molecular formula is C12H14BrClINO. The molecule has 0 aromatic heterocycles. The lowest BCUT2D eigenvalue weighted by Gasteiger charge is -2.05. The van der Waals surface area contributed by atoms with E-state index in [-0.39, 0.29) is 5.91 Å². The van der Waals surface area contributed by atoms with Gasteiger partial charge in [0, 0.05) is 21.0 Å². The Balaban J connectivity index is 2.39. The zero-order valence-corrected chi connectivity index (χ0v) is 13.8. The molecular weight excluding hydrogens is 416 g/mol. The molecule has 0 radical (unpaired) electrons. The van der Waals surface area contributed by atoms with Gasteiger partial charge in [-0.15, -0.1) is 0 Å². The Bertz CT molecular complexity index is 387. The van der Waals surface area contributed by atoms with Gasteiger partial charge in [-0.2, -0.15) is 0 Å². The summed E-state index contributed by atoms with van der Waals surface area (Å²) in [7, 11) is 0. The standard InChI is InChI=1S/C12H14BrClINO/c13-6-2-1-3-7-16-12(17)9-4-5-11(15)10(14)8-9/h4-5,8H,1-3,6-7H2,(H,16,17). The van der Waals surface area contributed by atoms with Crippen molar-refractivity contribution in [2.45, 2.75) is 19.3 Å². The Hall–Kier alpha value is 0.190. The van der Waals surface area contributed by atoms with E-state index >= 15 is 0 Å². The molecule has 1 aromatic rings. The number of alkyl halides is 1. The van der Waals surface area contributed by atoms with Crippen LogP contribution in [0.4, 0.5) is 0 Å². The molecule has 0 unspecified atom stereocenters. The second-order valence-corrected chi connectivity index (χ2v) is 6.00. The number of unbranched alkanes of at least 4 members (excludes halogenated alkanes) is 2. The number of hydrogen-bond donors (Lipinski definition) is 1. The number of rotatable bonds is 6. The summed E-state index contributed by atoms with van der Waals surface area (Å²) in [5.41, 5.74) is 0.621. The molecule has 0 aliphatic carbocycles. The van der Waals surface area contributed by atoms with Gasteiger partial charge in [-0.25, -0.2) is 0 Å². The van der Waals surface area contributed by atoms with E-state index in [1.807, 2.05) is 6.07 Å². The monoisotopic (exact) mass is 429 g/mol. The van der Waals surface area contributed by atoms with E-state index in [1.165, 1.54) is 0 Å². The van der Waals surface area contributed by atoms with Gasteiger partial charge < -0.3 is 5.32 Å². The molecule has 0 saturated heterocycles. The molecule has 0 atom stereocenters. The number of carbonyl (C=O) groups excluding carboxylic acids is 1. The predicted octanol–water partition coefficient (Wildman–Crippen LogP) is 4.24. The molecule has 0 saturated carbocycles. The number of nitrogens with one attached hydrogen (secondary N) is 1. The fourth-order valence-electron chi connectivity index (χ4n) is 1.34. The van der Waals surface area contributed by atoms with Crippen molar-refractivity contribution in [2.75, 3.05) is 11.9 Å². The molecule has 1 amide bonds. The molecule has 1 rings (SSSR count). The van der Waals surface area contributed by atoms with Crippen LogP contribution in [0.25, 0.3) is 0 Å². The van der Waals surface area contributed by atoms with E-state index < -0.39 is 0 Å². The molecule has 2 nitrogen and oxygen atoms in total. The first-order valence-corrected chi connectivity index (χ1v) is 8.02. The average molecular weight is 431 g/mol. The number of benzene rings is 1. The summed E-state index contributed by atoms with van der Waals surface area (Å²) < 4.78 is 0.957. The SMILES string of the molecule is O=C(NCCCCCBr)c1ccc(I)c(Cl)c1. The van der Waals surface area contributed by atoms with Crippen molar-refractivity contribution in [3.05, 3.63) is 32.4 Å². The molecule has 0 aliphatic heterocycles. The third-order valence-electron chi connectivity index (χ3n) is 2.28. The Labute approximate surface area is 129 Å². The van der Waals surface area contributed by atoms with Gasteiger partial charge in [0.2, 0.25) is 0 Å². The summed E-state index contributed by atoms with van der Waals surface area (Å²) >= 11 is 11.5. The lowest BCUT2D eigenvalue weighted by atomic mass is 10.2. The normalized spacial score (nSPS) is 10.3. The maximum Gasteiger partial charge on any atom is 0.251 e. The van der Waals surface area contributed by atoms with Gasteiger partial charge in [0.25, 0.3) is 5.91 Å². The summed E-state index contributed by atoms with van der Waals surface area (Å²) in [6.45, 7) is 0.718. The highest BCUT2D eigenvalue weighted by molar-refractivity contribution is 14.1. The van der Waals surface area contributed by atoms with Crippen LogP contribution < -0.4 is 5.32 Å². The van der Waals surface area contributed by atoms with E-state index in [0.717, 1.165) is 34.7 Å². The minimum atomic E-state index is -0.0536. The molecule has 0 bridgehead atoms. The van der Waals surface area contributed by atoms with Crippen molar-refractivity contribution < 1.29 is 4.79 Å². The van der Waals surface area contributed by atoms with Gasteiger partial charge in [-0.1, -0.05) is 34.0 Å². The number of halogens is 3. The smallest absolute Gasteiger partial charge is 0.251 e. The first-order chi connectivity index (χ1) is 8.15. The lowest BCUT2D eigenvalue weighted by Crippen LogP contribution is -2.24. The zero-order chi connectivity index (χ0) is 12.7. The second-order valence-electron chi connectivity index (χ2n) is 3.63. The van der Waals surface area contributed by atoms with Gasteiger partial charge in [0.05, 0.1) is 5.02 Å². The first-order valence-electron chi connectivity index (χ1n) is 5.44. The van der Waals surface area contributed by atoms with Gasteiger partial charge in [0.15, 0.2) is 0 Å². The number of hydrogen-bond acceptors (Lipinski definition) is 1. The van der Waals surface area contributed by atoms with E-state index in [2.05, 4.69) is 43.8 Å². The molecule has 1 aromatic carbocycles. The maximum atomic E-state index is 11.8. The van der Waals surface area contributed by atoms with E-state index in [1.54, 1.807) is 12.1 Å². The molecule has 5 heteroatoms. The van der Waals surface area contributed by atoms with Crippen LogP contribution in [0.1, 0.15) is 29.6 Å². The molecule has 94 valence electrons. The van der Waals surface area contributed by atoms with E-state index in [4.69, 9.17) is 11.6 Å². The topological polar surface area (TPSA) is 29.1 Å². The van der Waals surface area contributed by atoms with Crippen LogP contribution >= 0.6 is 50.1 Å². The van der Waals surface area contributed by atoms with Gasteiger partial charge in [0.1, 0.15) is 0 Å². The quantitative estimate of drug-likeness (QED) is 0.408. The zero-order valence-electron chi connectivity index (χ0n) is 9.31. The highest BCUT2D eigenvalue weighted by Crippen LogP contribution is 2.19. The van der Waals surface area contributed by atoms with Crippen molar-refractivity contribution in [1.82, 2.24) is 5.32 Å². The molecule has 0 spiro atoms. The van der Waals surface area contributed by atoms with Crippen LogP contribution in [-0.2, 0) is 0 Å². The van der Waals surface area contributed by atoms with Crippen LogP contribution in [0.5, 0.6) is 0 Å². The minimum Gasteiger partial charge on any atom is -0.352 e. The minimum absolute atomic E-state index is 0.0536. The van der Waals surface area contributed by atoms with Gasteiger partial charge >= 0.3 is 0 Å². The molecule has 0 fully saturated rings. The maximum absolute atomic E-state index is 11.8. The summed E-state index contributed by atoms with van der Waals surface area (Å²) in [6.07, 6.45) is 3.28. The Kier molecular flexibility index (Phi) is 7.46. The Morgan fingerprint density at radius 1 is 1.35 bits per heavy atom. The Morgan fingerprint density at radius 2 is 2.12 bits per heavy atom. The predicted molar refractivity (Wildman–Crippen MR) is 84.1 cm³/mol. The molecule has 17 heavy (non-hydrogen) atoms. The van der Waals surface area contributed by atoms with Gasteiger partial charge in [-0.05, 0) is 53.6 Å². The van der Waals surface area contributed by atoms with Crippen molar-refractivity contribution in [3.63, 3.8) is 0 Å². The summed E-state index contributed by atoms with van der Waals surface area (Å²) in [6, 6.07) is 5.35. The fourth-order valence-corrected chi connectivity index (χ4v) is 2.25. The molecule has 1 N–H and O–H groups in total. The third kappa shape index (κ3) is 5.57. The highest BCUT2D eigenvalue weighted by atomic mass is 127. The summed E-state index contributed by atoms with van der Waals surface area (Å²) in [5, 5.41) is 4.53.